The molecule has 1 atom stereocenters. The van der Waals surface area contributed by atoms with Crippen LogP contribution in [0.3, 0.4) is 0 Å². The zero-order valence-corrected chi connectivity index (χ0v) is 19.7. The van der Waals surface area contributed by atoms with E-state index in [-0.39, 0.29) is 12.0 Å². The average Bonchev–Trinajstić information content (AvgIpc) is 3.39. The fourth-order valence-corrected chi connectivity index (χ4v) is 4.36. The van der Waals surface area contributed by atoms with E-state index in [1.807, 2.05) is 74.1 Å². The van der Waals surface area contributed by atoms with E-state index in [0.29, 0.717) is 18.7 Å². The maximum absolute atomic E-state index is 12.8. The Bertz CT molecular complexity index is 1340. The first-order chi connectivity index (χ1) is 16.4. The molecule has 4 aromatic rings. The highest BCUT2D eigenvalue weighted by atomic mass is 16.5. The predicted molar refractivity (Wildman–Crippen MR) is 132 cm³/mol. The largest absolute Gasteiger partial charge is 0.488 e. The van der Waals surface area contributed by atoms with Gasteiger partial charge >= 0.3 is 0 Å². The van der Waals surface area contributed by atoms with Gasteiger partial charge in [0.15, 0.2) is 0 Å². The zero-order valence-electron chi connectivity index (χ0n) is 19.7. The minimum absolute atomic E-state index is 0.0851. The van der Waals surface area contributed by atoms with Crippen molar-refractivity contribution in [3.8, 4) is 17.0 Å². The van der Waals surface area contributed by atoms with Gasteiger partial charge < -0.3 is 10.1 Å². The van der Waals surface area contributed by atoms with Gasteiger partial charge in [-0.1, -0.05) is 18.2 Å². The molecule has 1 N–H and O–H groups in total. The van der Waals surface area contributed by atoms with Gasteiger partial charge in [-0.25, -0.2) is 0 Å². The smallest absolute Gasteiger partial charge is 0.251 e. The number of aryl methyl sites for hydroxylation is 3. The van der Waals surface area contributed by atoms with E-state index < -0.39 is 0 Å². The molecule has 0 fully saturated rings. The van der Waals surface area contributed by atoms with E-state index in [9.17, 15) is 4.79 Å². The molecule has 2 aromatic heterocycles. The summed E-state index contributed by atoms with van der Waals surface area (Å²) in [6.07, 6.45) is 2.55. The van der Waals surface area contributed by atoms with Gasteiger partial charge in [-0.15, -0.1) is 0 Å². The number of pyridine rings is 1. The van der Waals surface area contributed by atoms with Crippen LogP contribution < -0.4 is 10.1 Å². The van der Waals surface area contributed by atoms with Gasteiger partial charge in [-0.3, -0.25) is 14.5 Å². The van der Waals surface area contributed by atoms with Crippen LogP contribution in [0.2, 0.25) is 0 Å². The number of carbonyl (C=O) groups excluding carboxylic acids is 1. The predicted octanol–water partition coefficient (Wildman–Crippen LogP) is 4.65. The first-order valence-corrected chi connectivity index (χ1v) is 11.6. The van der Waals surface area contributed by atoms with Crippen LogP contribution in [0.1, 0.15) is 38.4 Å². The second kappa shape index (κ2) is 9.14. The zero-order chi connectivity index (χ0) is 23.7. The molecule has 0 bridgehead atoms. The number of nitrogens with one attached hydrogen (secondary N) is 1. The van der Waals surface area contributed by atoms with E-state index in [2.05, 4.69) is 33.6 Å². The van der Waals surface area contributed by atoms with Crippen molar-refractivity contribution >= 4 is 5.91 Å². The highest BCUT2D eigenvalue weighted by Crippen LogP contribution is 2.32. The van der Waals surface area contributed by atoms with Crippen molar-refractivity contribution in [2.24, 2.45) is 0 Å². The van der Waals surface area contributed by atoms with Gasteiger partial charge in [0, 0.05) is 29.4 Å². The molecule has 3 heterocycles. The lowest BCUT2D eigenvalue weighted by molar-refractivity contribution is 0.0933. The Labute approximate surface area is 199 Å². The lowest BCUT2D eigenvalue weighted by atomic mass is 10.0. The number of benzene rings is 2. The number of carbonyl (C=O) groups is 1. The van der Waals surface area contributed by atoms with Crippen molar-refractivity contribution in [1.29, 1.82) is 0 Å². The minimum Gasteiger partial charge on any atom is -0.488 e. The summed E-state index contributed by atoms with van der Waals surface area (Å²) in [5.41, 5.74) is 8.09. The molecule has 1 aliphatic heterocycles. The number of ether oxygens (including phenoxy) is 1. The van der Waals surface area contributed by atoms with Crippen LogP contribution in [-0.2, 0) is 13.0 Å². The topological polar surface area (TPSA) is 69.0 Å². The monoisotopic (exact) mass is 452 g/mol. The number of hydrogen-bond acceptors (Lipinski definition) is 4. The van der Waals surface area contributed by atoms with Crippen molar-refractivity contribution in [2.45, 2.75) is 39.8 Å². The summed E-state index contributed by atoms with van der Waals surface area (Å²) < 4.78 is 8.03. The van der Waals surface area contributed by atoms with Crippen molar-refractivity contribution in [2.75, 3.05) is 6.54 Å². The van der Waals surface area contributed by atoms with Crippen LogP contribution in [0.25, 0.3) is 11.3 Å². The fraction of sp³-hybridized carbons (Fsp3) is 0.250. The van der Waals surface area contributed by atoms with E-state index in [1.54, 1.807) is 0 Å². The number of amides is 1. The van der Waals surface area contributed by atoms with Crippen LogP contribution in [0.4, 0.5) is 0 Å². The standard InChI is InChI=1S/C28H28N4O2/c1-18-7-9-26(29-15-18)22-8-10-27-24(13-22)14-25(34-27)16-30-28(33)23-6-4-5-21(12-23)17-32-20(3)11-19(2)31-32/h4-13,15,25H,14,16-17H2,1-3H3,(H,30,33). The molecule has 6 nitrogen and oxygen atoms in total. The molecule has 0 saturated heterocycles. The minimum atomic E-state index is -0.0979. The van der Waals surface area contributed by atoms with Crippen molar-refractivity contribution < 1.29 is 9.53 Å². The number of aromatic nitrogens is 3. The van der Waals surface area contributed by atoms with Crippen LogP contribution >= 0.6 is 0 Å². The molecule has 0 radical (unpaired) electrons. The Hall–Kier alpha value is -3.93. The van der Waals surface area contributed by atoms with Crippen LogP contribution in [0.15, 0.2) is 66.9 Å². The molecule has 0 spiro atoms. The summed E-state index contributed by atoms with van der Waals surface area (Å²) in [5, 5.41) is 7.55. The highest BCUT2D eigenvalue weighted by molar-refractivity contribution is 5.94. The lowest BCUT2D eigenvalue weighted by Crippen LogP contribution is -2.34. The molecule has 0 aliphatic carbocycles. The Morgan fingerprint density at radius 3 is 2.74 bits per heavy atom. The Morgan fingerprint density at radius 1 is 1.09 bits per heavy atom. The highest BCUT2D eigenvalue weighted by Gasteiger charge is 2.24. The molecule has 1 unspecified atom stereocenters. The normalized spacial score (nSPS) is 14.5. The Morgan fingerprint density at radius 2 is 1.97 bits per heavy atom. The van der Waals surface area contributed by atoms with Gasteiger partial charge in [0.05, 0.1) is 24.5 Å². The quantitative estimate of drug-likeness (QED) is 0.462. The fourth-order valence-electron chi connectivity index (χ4n) is 4.36. The third-order valence-electron chi connectivity index (χ3n) is 6.12. The molecule has 5 rings (SSSR count). The maximum atomic E-state index is 12.8. The molecule has 1 amide bonds. The molecule has 34 heavy (non-hydrogen) atoms. The van der Waals surface area contributed by atoms with Gasteiger partial charge in [0.1, 0.15) is 11.9 Å². The summed E-state index contributed by atoms with van der Waals surface area (Å²) in [4.78, 5) is 17.3. The number of hydrogen-bond donors (Lipinski definition) is 1. The average molecular weight is 453 g/mol. The van der Waals surface area contributed by atoms with E-state index in [1.165, 1.54) is 0 Å². The van der Waals surface area contributed by atoms with E-state index in [0.717, 1.165) is 51.5 Å². The SMILES string of the molecule is Cc1ccc(-c2ccc3c(c2)CC(CNC(=O)c2cccc(Cn4nc(C)cc4C)c2)O3)nc1. The van der Waals surface area contributed by atoms with Crippen LogP contribution in [0.5, 0.6) is 5.75 Å². The van der Waals surface area contributed by atoms with Gasteiger partial charge in [0.25, 0.3) is 5.91 Å². The van der Waals surface area contributed by atoms with Crippen molar-refractivity contribution in [1.82, 2.24) is 20.1 Å². The first kappa shape index (κ1) is 21.9. The number of nitrogens with zero attached hydrogens (tertiary/aromatic N) is 3. The summed E-state index contributed by atoms with van der Waals surface area (Å²) in [6.45, 7) is 7.14. The third kappa shape index (κ3) is 4.71. The second-order valence-corrected chi connectivity index (χ2v) is 8.98. The molecule has 1 aliphatic rings. The third-order valence-corrected chi connectivity index (χ3v) is 6.12. The molecule has 2 aromatic carbocycles. The molecular formula is C28H28N4O2. The van der Waals surface area contributed by atoms with Crippen LogP contribution in [-0.4, -0.2) is 33.3 Å². The van der Waals surface area contributed by atoms with Gasteiger partial charge in [-0.2, -0.15) is 5.10 Å². The van der Waals surface area contributed by atoms with Gasteiger partial charge in [0.2, 0.25) is 0 Å². The molecule has 0 saturated carbocycles. The summed E-state index contributed by atoms with van der Waals surface area (Å²) in [6, 6.07) is 20.0. The van der Waals surface area contributed by atoms with E-state index >= 15 is 0 Å². The van der Waals surface area contributed by atoms with Gasteiger partial charge in [-0.05, 0) is 79.9 Å². The van der Waals surface area contributed by atoms with Crippen molar-refractivity contribution in [3.05, 3.63) is 101 Å². The Kier molecular flexibility index (Phi) is 5.88. The second-order valence-electron chi connectivity index (χ2n) is 8.98. The number of rotatable bonds is 6. The summed E-state index contributed by atoms with van der Waals surface area (Å²) in [7, 11) is 0. The molecule has 172 valence electrons. The first-order valence-electron chi connectivity index (χ1n) is 11.6. The molecular weight excluding hydrogens is 424 g/mol. The van der Waals surface area contributed by atoms with E-state index in [4.69, 9.17) is 4.74 Å². The summed E-state index contributed by atoms with van der Waals surface area (Å²) >= 11 is 0. The lowest BCUT2D eigenvalue weighted by Gasteiger charge is -2.12. The maximum Gasteiger partial charge on any atom is 0.251 e. The van der Waals surface area contributed by atoms with Crippen molar-refractivity contribution in [3.63, 3.8) is 0 Å². The Balaban J connectivity index is 1.20. The van der Waals surface area contributed by atoms with Crippen LogP contribution in [0, 0.1) is 20.8 Å². The molecule has 6 heteroatoms. The summed E-state index contributed by atoms with van der Waals surface area (Å²) in [5.74, 6) is 0.779. The number of fused-ring (bicyclic) bond motifs is 1.